The molecule has 0 nitrogen and oxygen atoms in total. The van der Waals surface area contributed by atoms with Gasteiger partial charge in [0.15, 0.2) is 0 Å². The molecule has 15 rings (SSSR count). The zero-order valence-corrected chi connectivity index (χ0v) is 68.9. The molecule has 0 radical (unpaired) electrons. The molecular formula is C107H126. The molecule has 0 bridgehead atoms. The Morgan fingerprint density at radius 3 is 0.570 bits per heavy atom. The van der Waals surface area contributed by atoms with Crippen LogP contribution in [0.5, 0.6) is 0 Å². The van der Waals surface area contributed by atoms with E-state index >= 15 is 0 Å². The Morgan fingerprint density at radius 2 is 0.364 bits per heavy atom. The minimum absolute atomic E-state index is 0.0762. The first-order valence-corrected chi connectivity index (χ1v) is 42.7. The third kappa shape index (κ3) is 13.0. The highest BCUT2D eigenvalue weighted by molar-refractivity contribution is 6.00. The number of hydrogen-bond acceptors (Lipinski definition) is 0. The standard InChI is InChI=1S/C107H126/c1-67(2)43-51-104(52-44-68(3)4)93-31-23-19-27-79(93)83-39-35-75(59-99(83)104)87-63-91-92-64-88(76-36-40-84-80-28-20-24-32-94(80)105(100(84)60-76,53-45-69(5)6)54-46-70(7)8)90(78-38-42-86-82-30-22-26-34-96(82)107(102(86)62-78,57-49-73(13)14)58-50-74(15)16)66-98(92)103(17,18)97(91)65-89(87)77-37-41-85-81-29-21-25-33-95(81)106(101(85)61-77,55-47-71(9)10)56-48-72(11)12/h19-42,59-74H,43-58H2,1-18H3. The van der Waals surface area contributed by atoms with Crippen molar-refractivity contribution in [1.82, 2.24) is 0 Å². The van der Waals surface area contributed by atoms with Crippen molar-refractivity contribution in [3.8, 4) is 100 Å². The lowest BCUT2D eigenvalue weighted by atomic mass is 9.69. The van der Waals surface area contributed by atoms with E-state index in [0.717, 1.165) is 51.4 Å². The first-order chi connectivity index (χ1) is 51.3. The minimum Gasteiger partial charge on any atom is -0.0628 e. The summed E-state index contributed by atoms with van der Waals surface area (Å²) in [5.74, 6) is 4.83. The van der Waals surface area contributed by atoms with Gasteiger partial charge in [-0.15, -0.1) is 0 Å². The molecule has 0 fully saturated rings. The lowest BCUT2D eigenvalue weighted by Gasteiger charge is -2.34. The van der Waals surface area contributed by atoms with Gasteiger partial charge < -0.3 is 0 Å². The Bertz CT molecular complexity index is 4600. The number of fused-ring (bicyclic) bond motifs is 15. The molecule has 0 atom stereocenters. The summed E-state index contributed by atoms with van der Waals surface area (Å²) in [5.41, 5.74) is 39.5. The van der Waals surface area contributed by atoms with Gasteiger partial charge in [0.1, 0.15) is 0 Å². The third-order valence-corrected chi connectivity index (χ3v) is 27.5. The second-order valence-electron chi connectivity index (χ2n) is 38.5. The monoisotopic (exact) mass is 1410 g/mol. The van der Waals surface area contributed by atoms with Crippen molar-refractivity contribution in [3.05, 3.63) is 250 Å². The van der Waals surface area contributed by atoms with Gasteiger partial charge in [0.05, 0.1) is 0 Å². The van der Waals surface area contributed by atoms with Gasteiger partial charge in [-0.3, -0.25) is 0 Å². The minimum atomic E-state index is -0.341. The van der Waals surface area contributed by atoms with Gasteiger partial charge in [-0.05, 0) is 354 Å². The van der Waals surface area contributed by atoms with Crippen LogP contribution < -0.4 is 0 Å². The number of benzene rings is 10. The van der Waals surface area contributed by atoms with E-state index in [2.05, 4.69) is 319 Å². The zero-order chi connectivity index (χ0) is 75.2. The molecule has 554 valence electrons. The fraction of sp³-hybridized carbons (Fsp3) is 0.439. The van der Waals surface area contributed by atoms with Crippen molar-refractivity contribution in [2.24, 2.45) is 47.3 Å². The highest BCUT2D eigenvalue weighted by atomic mass is 14.5. The van der Waals surface area contributed by atoms with Crippen LogP contribution in [0.1, 0.15) is 283 Å². The van der Waals surface area contributed by atoms with E-state index in [1.807, 2.05) is 0 Å². The summed E-state index contributed by atoms with van der Waals surface area (Å²) in [6, 6.07) is 80.5. The summed E-state index contributed by atoms with van der Waals surface area (Å²) in [5, 5.41) is 0. The molecule has 0 N–H and O–H groups in total. The predicted octanol–water partition coefficient (Wildman–Crippen LogP) is 31.2. The molecule has 0 amide bonds. The largest absolute Gasteiger partial charge is 0.0628 e. The Balaban J connectivity index is 1.01. The zero-order valence-electron chi connectivity index (χ0n) is 68.9. The van der Waals surface area contributed by atoms with E-state index in [9.17, 15) is 0 Å². The van der Waals surface area contributed by atoms with Crippen molar-refractivity contribution in [3.63, 3.8) is 0 Å². The van der Waals surface area contributed by atoms with Crippen molar-refractivity contribution in [2.45, 2.75) is 254 Å². The molecule has 0 aliphatic heterocycles. The van der Waals surface area contributed by atoms with E-state index in [4.69, 9.17) is 0 Å². The third-order valence-electron chi connectivity index (χ3n) is 27.5. The Morgan fingerprint density at radius 1 is 0.178 bits per heavy atom. The normalized spacial score (nSPS) is 15.9. The maximum atomic E-state index is 2.74. The van der Waals surface area contributed by atoms with Crippen LogP contribution in [0, 0.1) is 47.3 Å². The SMILES string of the molecule is CC(C)CCC1(CCC(C)C)c2ccccc2-c2ccc(-c3cc4c(cc3-c3ccc5c(c3)C(CCC(C)C)(CCC(C)C)c3ccccc3-5)C(C)(C)c3cc(-c5ccc6c(c5)C(CCC(C)C)(CCC(C)C)c5ccccc5-6)c(-c5ccc6c(c5)C(CCC(C)C)(CCC(C)C)c5ccccc5-6)cc3-4)cc21. The van der Waals surface area contributed by atoms with Crippen molar-refractivity contribution >= 4 is 0 Å². The summed E-state index contributed by atoms with van der Waals surface area (Å²) in [6.07, 6.45) is 18.7. The number of hydrogen-bond donors (Lipinski definition) is 0. The average Bonchev–Trinajstić information content (AvgIpc) is 1.57. The first-order valence-electron chi connectivity index (χ1n) is 42.7. The highest BCUT2D eigenvalue weighted by Gasteiger charge is 2.49. The Labute approximate surface area is 647 Å². The average molecular weight is 1410 g/mol. The van der Waals surface area contributed by atoms with Crippen molar-refractivity contribution in [1.29, 1.82) is 0 Å². The molecule has 10 aromatic carbocycles. The van der Waals surface area contributed by atoms with Crippen LogP contribution in [0.15, 0.2) is 194 Å². The fourth-order valence-corrected chi connectivity index (χ4v) is 21.2. The Kier molecular flexibility index (Phi) is 20.4. The van der Waals surface area contributed by atoms with Crippen LogP contribution in [0.3, 0.4) is 0 Å². The van der Waals surface area contributed by atoms with Gasteiger partial charge in [-0.1, -0.05) is 270 Å². The molecule has 0 aromatic heterocycles. The van der Waals surface area contributed by atoms with E-state index in [-0.39, 0.29) is 27.1 Å². The molecule has 0 saturated carbocycles. The van der Waals surface area contributed by atoms with Crippen LogP contribution in [-0.4, -0.2) is 0 Å². The van der Waals surface area contributed by atoms with Gasteiger partial charge >= 0.3 is 0 Å². The van der Waals surface area contributed by atoms with Crippen LogP contribution >= 0.6 is 0 Å². The summed E-state index contributed by atoms with van der Waals surface area (Å²) >= 11 is 0. The predicted molar refractivity (Wildman–Crippen MR) is 463 cm³/mol. The second kappa shape index (κ2) is 29.2. The summed E-state index contributed by atoms with van der Waals surface area (Å²) in [4.78, 5) is 0. The maximum Gasteiger partial charge on any atom is 0.0215 e. The van der Waals surface area contributed by atoms with Gasteiger partial charge in [-0.25, -0.2) is 0 Å². The van der Waals surface area contributed by atoms with E-state index in [1.54, 1.807) is 0 Å². The van der Waals surface area contributed by atoms with Gasteiger partial charge in [-0.2, -0.15) is 0 Å². The topological polar surface area (TPSA) is 0 Å². The molecule has 0 unspecified atom stereocenters. The van der Waals surface area contributed by atoms with E-state index in [1.165, 1.54) is 207 Å². The molecule has 0 spiro atoms. The van der Waals surface area contributed by atoms with Crippen LogP contribution in [-0.2, 0) is 27.1 Å². The second-order valence-corrected chi connectivity index (χ2v) is 38.5. The number of rotatable bonds is 28. The van der Waals surface area contributed by atoms with Gasteiger partial charge in [0.25, 0.3) is 0 Å². The maximum absolute atomic E-state index is 2.74. The van der Waals surface area contributed by atoms with E-state index < -0.39 is 0 Å². The molecule has 0 heteroatoms. The fourth-order valence-electron chi connectivity index (χ4n) is 21.2. The van der Waals surface area contributed by atoms with Crippen LogP contribution in [0.25, 0.3) is 100 Å². The molecule has 10 aromatic rings. The van der Waals surface area contributed by atoms with Crippen LogP contribution in [0.2, 0.25) is 0 Å². The first kappa shape index (κ1) is 74.7. The van der Waals surface area contributed by atoms with Crippen molar-refractivity contribution in [2.75, 3.05) is 0 Å². The van der Waals surface area contributed by atoms with Gasteiger partial charge in [0.2, 0.25) is 0 Å². The van der Waals surface area contributed by atoms with Crippen LogP contribution in [0.4, 0.5) is 0 Å². The smallest absolute Gasteiger partial charge is 0.0215 e. The lowest BCUT2D eigenvalue weighted by Crippen LogP contribution is -2.27. The summed E-state index contributed by atoms with van der Waals surface area (Å²) in [7, 11) is 0. The molecule has 107 heavy (non-hydrogen) atoms. The highest BCUT2D eigenvalue weighted by Crippen LogP contribution is 2.63. The molecular weight excluding hydrogens is 1290 g/mol. The van der Waals surface area contributed by atoms with E-state index in [0.29, 0.717) is 47.3 Å². The quantitative estimate of drug-likeness (QED) is 0.0458. The molecule has 0 saturated heterocycles. The lowest BCUT2D eigenvalue weighted by molar-refractivity contribution is 0.364. The summed E-state index contributed by atoms with van der Waals surface area (Å²) < 4.78 is 0. The van der Waals surface area contributed by atoms with Crippen molar-refractivity contribution < 1.29 is 0 Å². The Hall–Kier alpha value is -7.80. The molecule has 0 heterocycles. The van der Waals surface area contributed by atoms with Gasteiger partial charge in [0, 0.05) is 27.1 Å². The summed E-state index contributed by atoms with van der Waals surface area (Å²) in [6.45, 7) is 44.1. The molecule has 5 aliphatic rings. The molecule has 5 aliphatic carbocycles.